The maximum absolute atomic E-state index is 13.2. The Morgan fingerprint density at radius 3 is 2.89 bits per heavy atom. The Hall–Kier alpha value is -1.43. The molecule has 1 fully saturated rings. The predicted octanol–water partition coefficient (Wildman–Crippen LogP) is 2.15. The van der Waals surface area contributed by atoms with Gasteiger partial charge in [-0.1, -0.05) is 0 Å². The van der Waals surface area contributed by atoms with Crippen LogP contribution < -0.4 is 5.32 Å². The average Bonchev–Trinajstić information content (AvgIpc) is 2.70. The van der Waals surface area contributed by atoms with Crippen LogP contribution in [0, 0.1) is 5.82 Å². The van der Waals surface area contributed by atoms with Crippen LogP contribution in [-0.4, -0.2) is 29.8 Å². The van der Waals surface area contributed by atoms with Gasteiger partial charge in [-0.2, -0.15) is 0 Å². The van der Waals surface area contributed by atoms with Crippen LogP contribution in [0.3, 0.4) is 0 Å². The molecule has 0 spiro atoms. The van der Waals surface area contributed by atoms with Gasteiger partial charge < -0.3 is 10.2 Å². The van der Waals surface area contributed by atoms with E-state index in [-0.39, 0.29) is 18.4 Å². The zero-order valence-electron chi connectivity index (χ0n) is 9.58. The van der Waals surface area contributed by atoms with Crippen molar-refractivity contribution >= 4 is 33.4 Å². The fourth-order valence-electron chi connectivity index (χ4n) is 1.82. The monoisotopic (exact) mass is 314 g/mol. The van der Waals surface area contributed by atoms with E-state index in [0.29, 0.717) is 23.1 Å². The lowest BCUT2D eigenvalue weighted by molar-refractivity contribution is -0.131. The van der Waals surface area contributed by atoms with E-state index in [1.165, 1.54) is 17.0 Å². The molecule has 1 aliphatic rings. The van der Waals surface area contributed by atoms with E-state index in [9.17, 15) is 14.0 Å². The van der Waals surface area contributed by atoms with Crippen molar-refractivity contribution in [3.05, 3.63) is 28.5 Å². The Morgan fingerprint density at radius 1 is 1.50 bits per heavy atom. The number of benzene rings is 1. The van der Waals surface area contributed by atoms with Gasteiger partial charge >= 0.3 is 0 Å². The molecule has 0 bridgehead atoms. The molecule has 0 saturated carbocycles. The smallest absolute Gasteiger partial charge is 0.243 e. The molecule has 1 aromatic carbocycles. The van der Waals surface area contributed by atoms with Gasteiger partial charge in [0.15, 0.2) is 0 Å². The zero-order chi connectivity index (χ0) is 13.1. The molecule has 1 aliphatic heterocycles. The summed E-state index contributed by atoms with van der Waals surface area (Å²) in [5, 5.41) is 2.56. The number of rotatable bonds is 3. The van der Waals surface area contributed by atoms with E-state index in [4.69, 9.17) is 0 Å². The highest BCUT2D eigenvalue weighted by molar-refractivity contribution is 9.10. The highest BCUT2D eigenvalue weighted by atomic mass is 79.9. The second-order valence-electron chi connectivity index (χ2n) is 4.10. The van der Waals surface area contributed by atoms with Gasteiger partial charge in [-0.15, -0.1) is 0 Å². The van der Waals surface area contributed by atoms with Crippen molar-refractivity contribution in [2.24, 2.45) is 0 Å². The Labute approximate surface area is 112 Å². The molecule has 1 aromatic rings. The van der Waals surface area contributed by atoms with Gasteiger partial charge in [0.1, 0.15) is 5.82 Å². The first-order valence-electron chi connectivity index (χ1n) is 5.59. The number of nitrogens with zero attached hydrogens (tertiary/aromatic N) is 1. The van der Waals surface area contributed by atoms with E-state index >= 15 is 0 Å². The molecule has 0 aliphatic carbocycles. The van der Waals surface area contributed by atoms with E-state index in [2.05, 4.69) is 21.2 Å². The van der Waals surface area contributed by atoms with E-state index in [1.807, 2.05) is 0 Å². The van der Waals surface area contributed by atoms with Gasteiger partial charge in [0.05, 0.1) is 11.0 Å². The van der Waals surface area contributed by atoms with E-state index < -0.39 is 5.82 Å². The number of anilines is 1. The number of hydrogen-bond donors (Lipinski definition) is 1. The molecule has 2 amide bonds. The lowest BCUT2D eigenvalue weighted by Crippen LogP contribution is -2.33. The van der Waals surface area contributed by atoms with E-state index in [0.717, 1.165) is 6.42 Å². The van der Waals surface area contributed by atoms with Crippen LogP contribution in [0.2, 0.25) is 0 Å². The van der Waals surface area contributed by atoms with Crippen LogP contribution in [0.15, 0.2) is 22.7 Å². The van der Waals surface area contributed by atoms with Crippen LogP contribution in [0.4, 0.5) is 10.1 Å². The fourth-order valence-corrected chi connectivity index (χ4v) is 2.07. The van der Waals surface area contributed by atoms with Crippen LogP contribution in [0.5, 0.6) is 0 Å². The Kier molecular flexibility index (Phi) is 3.96. The highest BCUT2D eigenvalue weighted by Gasteiger charge is 2.22. The second-order valence-corrected chi connectivity index (χ2v) is 4.95. The SMILES string of the molecule is O=C(CN1CCCC1=O)Nc1ccc(Br)c(F)c1. The molecule has 0 radical (unpaired) electrons. The molecule has 4 nitrogen and oxygen atoms in total. The molecule has 0 aromatic heterocycles. The van der Waals surface area contributed by atoms with Crippen molar-refractivity contribution in [3.8, 4) is 0 Å². The van der Waals surface area contributed by atoms with Gasteiger partial charge in [0.25, 0.3) is 0 Å². The van der Waals surface area contributed by atoms with Crippen LogP contribution >= 0.6 is 15.9 Å². The Balaban J connectivity index is 1.94. The van der Waals surface area contributed by atoms with Crippen molar-refractivity contribution in [1.82, 2.24) is 4.90 Å². The summed E-state index contributed by atoms with van der Waals surface area (Å²) in [6.45, 7) is 0.636. The van der Waals surface area contributed by atoms with Gasteiger partial charge in [0.2, 0.25) is 11.8 Å². The maximum Gasteiger partial charge on any atom is 0.243 e. The minimum atomic E-state index is -0.440. The summed E-state index contributed by atoms with van der Waals surface area (Å²) >= 11 is 3.03. The molecule has 18 heavy (non-hydrogen) atoms. The van der Waals surface area contributed by atoms with Gasteiger partial charge in [-0.3, -0.25) is 9.59 Å². The molecule has 0 unspecified atom stereocenters. The quantitative estimate of drug-likeness (QED) is 0.929. The average molecular weight is 315 g/mol. The van der Waals surface area contributed by atoms with Crippen LogP contribution in [-0.2, 0) is 9.59 Å². The summed E-state index contributed by atoms with van der Waals surface area (Å²) in [5.41, 5.74) is 0.382. The predicted molar refractivity (Wildman–Crippen MR) is 68.5 cm³/mol. The van der Waals surface area contributed by atoms with Gasteiger partial charge in [0, 0.05) is 18.7 Å². The first-order valence-corrected chi connectivity index (χ1v) is 6.38. The standard InChI is InChI=1S/C12H12BrFN2O2/c13-9-4-3-8(6-10(9)14)15-11(17)7-16-5-1-2-12(16)18/h3-4,6H,1-2,5,7H2,(H,15,17). The zero-order valence-corrected chi connectivity index (χ0v) is 11.2. The molecule has 6 heteroatoms. The van der Waals surface area contributed by atoms with Crippen molar-refractivity contribution in [2.45, 2.75) is 12.8 Å². The van der Waals surface area contributed by atoms with Crippen LogP contribution in [0.25, 0.3) is 0 Å². The van der Waals surface area contributed by atoms with Crippen molar-refractivity contribution in [3.63, 3.8) is 0 Å². The number of likely N-dealkylation sites (tertiary alicyclic amines) is 1. The number of hydrogen-bond acceptors (Lipinski definition) is 2. The molecule has 1 heterocycles. The Bertz CT molecular complexity index is 493. The molecule has 2 rings (SSSR count). The number of carbonyl (C=O) groups excluding carboxylic acids is 2. The third-order valence-electron chi connectivity index (χ3n) is 2.71. The lowest BCUT2D eigenvalue weighted by Gasteiger charge is -2.15. The number of nitrogens with one attached hydrogen (secondary N) is 1. The molecule has 96 valence electrons. The summed E-state index contributed by atoms with van der Waals surface area (Å²) in [6, 6.07) is 4.34. The highest BCUT2D eigenvalue weighted by Crippen LogP contribution is 2.19. The van der Waals surface area contributed by atoms with Crippen molar-refractivity contribution in [1.29, 1.82) is 0 Å². The summed E-state index contributed by atoms with van der Waals surface area (Å²) in [4.78, 5) is 24.5. The molecule has 1 N–H and O–H groups in total. The number of amides is 2. The molecule has 0 atom stereocenters. The first kappa shape index (κ1) is 13.0. The summed E-state index contributed by atoms with van der Waals surface area (Å²) < 4.78 is 13.6. The first-order chi connectivity index (χ1) is 8.56. The normalized spacial score (nSPS) is 15.0. The molecular weight excluding hydrogens is 303 g/mol. The number of halogens is 2. The molecule has 1 saturated heterocycles. The minimum Gasteiger partial charge on any atom is -0.333 e. The number of carbonyl (C=O) groups is 2. The summed E-state index contributed by atoms with van der Waals surface area (Å²) in [7, 11) is 0. The fraction of sp³-hybridized carbons (Fsp3) is 0.333. The van der Waals surface area contributed by atoms with Crippen molar-refractivity contribution < 1.29 is 14.0 Å². The largest absolute Gasteiger partial charge is 0.333 e. The topological polar surface area (TPSA) is 49.4 Å². The lowest BCUT2D eigenvalue weighted by atomic mass is 10.3. The van der Waals surface area contributed by atoms with Crippen molar-refractivity contribution in [2.75, 3.05) is 18.4 Å². The summed E-state index contributed by atoms with van der Waals surface area (Å²) in [5.74, 6) is -0.760. The van der Waals surface area contributed by atoms with Crippen LogP contribution in [0.1, 0.15) is 12.8 Å². The van der Waals surface area contributed by atoms with Gasteiger partial charge in [-0.25, -0.2) is 4.39 Å². The van der Waals surface area contributed by atoms with Gasteiger partial charge in [-0.05, 0) is 40.5 Å². The Morgan fingerprint density at radius 2 is 2.28 bits per heavy atom. The minimum absolute atomic E-state index is 0.00728. The second kappa shape index (κ2) is 5.48. The summed E-state index contributed by atoms with van der Waals surface area (Å²) in [6.07, 6.45) is 1.29. The van der Waals surface area contributed by atoms with E-state index in [1.54, 1.807) is 6.07 Å². The third-order valence-corrected chi connectivity index (χ3v) is 3.35. The maximum atomic E-state index is 13.2. The molecular formula is C12H12BrFN2O2. The third kappa shape index (κ3) is 3.07.